The zero-order chi connectivity index (χ0) is 44.3. The van der Waals surface area contributed by atoms with E-state index in [9.17, 15) is 29.9 Å². The van der Waals surface area contributed by atoms with Gasteiger partial charge < -0.3 is 29.8 Å². The number of carboxylic acids is 1. The molecule has 0 saturated carbocycles. The van der Waals surface area contributed by atoms with E-state index in [0.29, 0.717) is 119 Å². The van der Waals surface area contributed by atoms with Gasteiger partial charge in [0.25, 0.3) is 0 Å². The molecule has 18 heteroatoms. The summed E-state index contributed by atoms with van der Waals surface area (Å²) in [5.74, 6) is -0.962. The van der Waals surface area contributed by atoms with E-state index < -0.39 is 17.9 Å². The van der Waals surface area contributed by atoms with Crippen molar-refractivity contribution in [3.63, 3.8) is 0 Å². The lowest BCUT2D eigenvalue weighted by Gasteiger charge is -2.33. The number of anilines is 1. The first-order valence-electron chi connectivity index (χ1n) is 21.2. The first-order chi connectivity index (χ1) is 31.1. The van der Waals surface area contributed by atoms with E-state index in [0.717, 1.165) is 24.8 Å². The lowest BCUT2D eigenvalue weighted by molar-refractivity contribution is -0.145. The molecule has 0 spiro atoms. The normalized spacial score (nSPS) is 18.8. The molecule has 7 heterocycles. The van der Waals surface area contributed by atoms with Crippen LogP contribution in [0.1, 0.15) is 41.6 Å². The molecule has 4 aliphatic rings. The Bertz CT molecular complexity index is 2710. The first-order valence-corrected chi connectivity index (χ1v) is 22.4. The van der Waals surface area contributed by atoms with Crippen LogP contribution < -0.4 is 14.4 Å². The molecule has 0 radical (unpaired) electrons. The van der Waals surface area contributed by atoms with Crippen molar-refractivity contribution in [2.24, 2.45) is 0 Å². The number of hydrogen-bond donors (Lipinski definition) is 3. The Hall–Kier alpha value is -6.00. The maximum atomic E-state index is 14.2. The van der Waals surface area contributed by atoms with Crippen molar-refractivity contribution in [2.45, 2.75) is 57.5 Å². The van der Waals surface area contributed by atoms with Crippen LogP contribution in [-0.2, 0) is 30.9 Å². The summed E-state index contributed by atoms with van der Waals surface area (Å²) in [6.07, 6.45) is 4.02. The predicted molar refractivity (Wildman–Crippen MR) is 238 cm³/mol. The highest BCUT2D eigenvalue weighted by molar-refractivity contribution is 7.22. The first kappa shape index (κ1) is 43.3. The number of ether oxygens (including phenoxy) is 2. The number of piperidine rings is 1. The molecule has 6 aromatic rings. The topological polar surface area (TPSA) is 185 Å². The van der Waals surface area contributed by atoms with Crippen molar-refractivity contribution in [1.29, 1.82) is 5.26 Å². The highest BCUT2D eigenvalue weighted by atomic mass is 35.5. The number of benzene rings is 3. The molecule has 0 amide bonds. The number of carbonyl (C=O) groups is 1. The average molecular weight is 906 g/mol. The minimum absolute atomic E-state index is 0.0163. The fourth-order valence-electron chi connectivity index (χ4n) is 8.55. The van der Waals surface area contributed by atoms with E-state index >= 15 is 0 Å². The Balaban J connectivity index is 1.12. The molecule has 0 aliphatic carbocycles. The van der Waals surface area contributed by atoms with Gasteiger partial charge >= 0.3 is 5.97 Å². The van der Waals surface area contributed by atoms with Crippen LogP contribution in [0.3, 0.4) is 0 Å². The molecule has 3 aromatic carbocycles. The number of aromatic hydroxyl groups is 1. The van der Waals surface area contributed by atoms with Gasteiger partial charge in [-0.1, -0.05) is 48.0 Å². The van der Waals surface area contributed by atoms with Gasteiger partial charge in [-0.25, -0.2) is 29.1 Å². The van der Waals surface area contributed by atoms with Crippen LogP contribution in [0.25, 0.3) is 31.8 Å². The number of phenols is 1. The summed E-state index contributed by atoms with van der Waals surface area (Å²) < 4.78 is 27.1. The number of carboxylic acid groups (broad SMARTS) is 1. The number of aliphatic carboxylic acids is 1. The van der Waals surface area contributed by atoms with Crippen LogP contribution in [0.4, 0.5) is 10.3 Å². The SMILES string of the molecule is N#CC1CCCCN1c1nccc(COc2ccc3cc2C[C@H](C(=O)O)Oc2ncnc4sc(-c5ccc(F)cc5)c(c24)-c2ccc(c(Cl)c2O)CN(CCN2CCN(O)CC2)C3)n1. The summed E-state index contributed by atoms with van der Waals surface area (Å²) >= 11 is 8.37. The fourth-order valence-corrected chi connectivity index (χ4v) is 9.93. The fraction of sp³-hybridized carbons (Fsp3) is 0.348. The maximum Gasteiger partial charge on any atom is 0.345 e. The molecule has 10 rings (SSSR count). The number of phenolic OH excluding ortho intramolecular Hbond substituents is 1. The van der Waals surface area contributed by atoms with Gasteiger partial charge in [0.2, 0.25) is 17.9 Å². The Kier molecular flexibility index (Phi) is 12.8. The minimum atomic E-state index is -1.46. The molecule has 2 fully saturated rings. The van der Waals surface area contributed by atoms with Crippen molar-refractivity contribution in [2.75, 3.05) is 50.7 Å². The van der Waals surface area contributed by atoms with E-state index in [2.05, 4.69) is 30.8 Å². The average Bonchev–Trinajstić information content (AvgIpc) is 3.70. The number of hydrogen-bond acceptors (Lipinski definition) is 15. The third kappa shape index (κ3) is 9.29. The molecule has 3 N–H and O–H groups in total. The van der Waals surface area contributed by atoms with Gasteiger partial charge in [-0.05, 0) is 65.8 Å². The van der Waals surface area contributed by atoms with Gasteiger partial charge in [-0.2, -0.15) is 10.3 Å². The van der Waals surface area contributed by atoms with Crippen molar-refractivity contribution in [1.82, 2.24) is 34.8 Å². The van der Waals surface area contributed by atoms with Crippen LogP contribution in [0.15, 0.2) is 73.2 Å². The standard InChI is InChI=1S/C46H45ClFN9O6S/c47-40-30-7-10-35(41(40)58)38-39-43(51-27-52-44(39)64-42(38)29-5-8-32(48)9-6-29)63-37(45(59)60)22-31-21-28(24-55(25-30)16-15-54-17-19-56(61)20-18-54)4-11-36(31)62-26-33-12-13-50-46(53-33)57-14-2-1-3-34(57)23-49/h4-13,21,27,34,37,58,61H,1-3,14-20,22,24-26H2,(H,59,60)/t34?,37-/m1/s1. The van der Waals surface area contributed by atoms with E-state index in [1.165, 1.54) is 34.9 Å². The van der Waals surface area contributed by atoms with Crippen molar-refractivity contribution >= 4 is 45.1 Å². The number of halogens is 2. The summed E-state index contributed by atoms with van der Waals surface area (Å²) in [6.45, 7) is 5.33. The van der Waals surface area contributed by atoms with Gasteiger partial charge in [0.15, 0.2) is 0 Å². The van der Waals surface area contributed by atoms with Gasteiger partial charge in [0, 0.05) is 87.5 Å². The monoisotopic (exact) mass is 905 g/mol. The van der Waals surface area contributed by atoms with Gasteiger partial charge in [-0.15, -0.1) is 11.3 Å². The van der Waals surface area contributed by atoms with E-state index in [-0.39, 0.29) is 35.7 Å². The quantitative estimate of drug-likeness (QED) is 0.133. The second kappa shape index (κ2) is 19.0. The van der Waals surface area contributed by atoms with Crippen LogP contribution in [0.5, 0.6) is 17.4 Å². The summed E-state index contributed by atoms with van der Waals surface area (Å²) in [6, 6.07) is 19.1. The van der Waals surface area contributed by atoms with Crippen molar-refractivity contribution < 1.29 is 34.1 Å². The molecule has 2 atom stereocenters. The number of hydroxylamine groups is 2. The molecule has 4 bridgehead atoms. The lowest BCUT2D eigenvalue weighted by atomic mass is 9.97. The van der Waals surface area contributed by atoms with Crippen molar-refractivity contribution in [3.8, 4) is 45.0 Å². The number of nitriles is 1. The molecule has 64 heavy (non-hydrogen) atoms. The van der Waals surface area contributed by atoms with Gasteiger partial charge in [-0.3, -0.25) is 9.80 Å². The van der Waals surface area contributed by atoms with Gasteiger partial charge in [0.1, 0.15) is 41.1 Å². The second-order valence-corrected chi connectivity index (χ2v) is 17.6. The molecular formula is C46H45ClFN9O6S. The van der Waals surface area contributed by atoms with Crippen LogP contribution in [0.2, 0.25) is 5.02 Å². The Labute approximate surface area is 377 Å². The lowest BCUT2D eigenvalue weighted by Crippen LogP contribution is -2.47. The minimum Gasteiger partial charge on any atom is -0.506 e. The number of nitrogens with zero attached hydrogens (tertiary/aromatic N) is 9. The van der Waals surface area contributed by atoms with Gasteiger partial charge in [0.05, 0.1) is 22.2 Å². The number of fused-ring (bicyclic) bond motifs is 6. The second-order valence-electron chi connectivity index (χ2n) is 16.2. The molecule has 15 nitrogen and oxygen atoms in total. The third-order valence-corrected chi connectivity index (χ3v) is 13.5. The maximum absolute atomic E-state index is 14.2. The van der Waals surface area contributed by atoms with Crippen LogP contribution >= 0.6 is 22.9 Å². The molecule has 4 aliphatic heterocycles. The zero-order valence-electron chi connectivity index (χ0n) is 34.7. The summed E-state index contributed by atoms with van der Waals surface area (Å²) in [5.41, 5.74) is 4.18. The molecular weight excluding hydrogens is 861 g/mol. The predicted octanol–water partition coefficient (Wildman–Crippen LogP) is 7.17. The molecule has 330 valence electrons. The summed E-state index contributed by atoms with van der Waals surface area (Å²) in [5, 5.41) is 44.4. The van der Waals surface area contributed by atoms with E-state index in [1.807, 2.05) is 29.2 Å². The summed E-state index contributed by atoms with van der Waals surface area (Å²) in [4.78, 5) is 39.0. The summed E-state index contributed by atoms with van der Waals surface area (Å²) in [7, 11) is 0. The van der Waals surface area contributed by atoms with Crippen LogP contribution in [0, 0.1) is 17.1 Å². The van der Waals surface area contributed by atoms with E-state index in [1.54, 1.807) is 30.5 Å². The third-order valence-electron chi connectivity index (χ3n) is 12.0. The van der Waals surface area contributed by atoms with E-state index in [4.69, 9.17) is 26.1 Å². The largest absolute Gasteiger partial charge is 0.506 e. The Morgan fingerprint density at radius 3 is 2.58 bits per heavy atom. The Morgan fingerprint density at radius 1 is 0.969 bits per heavy atom. The number of rotatable bonds is 9. The van der Waals surface area contributed by atoms with Crippen molar-refractivity contribution in [3.05, 3.63) is 106 Å². The zero-order valence-corrected chi connectivity index (χ0v) is 36.3. The molecule has 1 unspecified atom stereocenters. The molecule has 2 saturated heterocycles. The molecule has 3 aromatic heterocycles. The highest BCUT2D eigenvalue weighted by Gasteiger charge is 2.30. The number of aromatic nitrogens is 4. The van der Waals surface area contributed by atoms with Crippen LogP contribution in [-0.4, -0.2) is 114 Å². The number of thiophene rings is 1. The highest BCUT2D eigenvalue weighted by Crippen LogP contribution is 2.51. The number of piperazine rings is 1. The smallest absolute Gasteiger partial charge is 0.345 e. The Morgan fingerprint density at radius 2 is 1.78 bits per heavy atom.